The van der Waals surface area contributed by atoms with Crippen LogP contribution in [0.1, 0.15) is 18.4 Å². The summed E-state index contributed by atoms with van der Waals surface area (Å²) in [7, 11) is 4.09. The molecule has 1 N–H and O–H groups in total. The predicted molar refractivity (Wildman–Crippen MR) is 115 cm³/mol. The highest BCUT2D eigenvalue weighted by Crippen LogP contribution is 2.37. The summed E-state index contributed by atoms with van der Waals surface area (Å²) < 4.78 is 1.88. The number of halogens is 1. The standard InChI is InChI=1S/C21H25ClN6O/c1-12-8-14(22)9-16(29)18(12)20-25-19-21(27(20)3)23-10-17(24-19)28-7-5-13-4-6-26(2)11-15(13)28/h8-10,13,15,29H,4-7,11H2,1-3H3. The Balaban J connectivity index is 1.56. The fraction of sp³-hybridized carbons (Fsp3) is 0.476. The van der Waals surface area contributed by atoms with Crippen molar-refractivity contribution < 1.29 is 5.11 Å². The van der Waals surface area contributed by atoms with Crippen molar-refractivity contribution in [2.24, 2.45) is 13.0 Å². The summed E-state index contributed by atoms with van der Waals surface area (Å²) in [4.78, 5) is 19.1. The quantitative estimate of drug-likeness (QED) is 0.696. The van der Waals surface area contributed by atoms with Gasteiger partial charge in [-0.05, 0) is 57.0 Å². The third-order valence-electron chi connectivity index (χ3n) is 6.43. The number of benzene rings is 1. The van der Waals surface area contributed by atoms with Gasteiger partial charge in [-0.25, -0.2) is 15.0 Å². The van der Waals surface area contributed by atoms with Crippen LogP contribution < -0.4 is 4.90 Å². The highest BCUT2D eigenvalue weighted by molar-refractivity contribution is 6.31. The second kappa shape index (κ2) is 6.85. The number of nitrogens with zero attached hydrogens (tertiary/aromatic N) is 6. The van der Waals surface area contributed by atoms with E-state index in [9.17, 15) is 5.11 Å². The maximum Gasteiger partial charge on any atom is 0.200 e. The van der Waals surface area contributed by atoms with E-state index < -0.39 is 0 Å². The zero-order chi connectivity index (χ0) is 20.3. The van der Waals surface area contributed by atoms with Crippen LogP contribution in [0.2, 0.25) is 5.02 Å². The number of aromatic nitrogens is 4. The van der Waals surface area contributed by atoms with Gasteiger partial charge in [0.05, 0.1) is 11.8 Å². The zero-order valence-electron chi connectivity index (χ0n) is 16.9. The Morgan fingerprint density at radius 2 is 1.93 bits per heavy atom. The first-order valence-electron chi connectivity index (χ1n) is 10.1. The molecule has 2 fully saturated rings. The van der Waals surface area contributed by atoms with Crippen molar-refractivity contribution in [3.8, 4) is 17.1 Å². The van der Waals surface area contributed by atoms with E-state index in [1.165, 1.54) is 19.4 Å². The minimum absolute atomic E-state index is 0.112. The molecule has 152 valence electrons. The number of rotatable bonds is 2. The molecule has 4 heterocycles. The Morgan fingerprint density at radius 3 is 2.72 bits per heavy atom. The summed E-state index contributed by atoms with van der Waals surface area (Å²) >= 11 is 6.07. The minimum Gasteiger partial charge on any atom is -0.507 e. The number of likely N-dealkylation sites (tertiary alicyclic amines) is 1. The molecule has 2 aromatic heterocycles. The van der Waals surface area contributed by atoms with Gasteiger partial charge < -0.3 is 19.5 Å². The molecule has 0 amide bonds. The summed E-state index contributed by atoms with van der Waals surface area (Å²) in [6.45, 7) is 5.17. The Labute approximate surface area is 175 Å². The molecule has 2 atom stereocenters. The SMILES string of the molecule is Cc1cc(Cl)cc(O)c1-c1nc2nc(N3CCC4CCN(C)CC43)cnc2n1C. The number of aryl methyl sites for hydroxylation is 2. The Hall–Kier alpha value is -2.38. The molecular weight excluding hydrogens is 388 g/mol. The predicted octanol–water partition coefficient (Wildman–Crippen LogP) is 3.23. The fourth-order valence-electron chi connectivity index (χ4n) is 4.91. The molecule has 8 heteroatoms. The molecule has 0 saturated carbocycles. The maximum absolute atomic E-state index is 10.5. The van der Waals surface area contributed by atoms with Crippen molar-refractivity contribution in [3.05, 3.63) is 28.9 Å². The van der Waals surface area contributed by atoms with Crippen LogP contribution in [0.3, 0.4) is 0 Å². The molecule has 0 radical (unpaired) electrons. The lowest BCUT2D eigenvalue weighted by atomic mass is 9.92. The zero-order valence-corrected chi connectivity index (χ0v) is 17.7. The normalized spacial score (nSPS) is 22.4. The number of anilines is 1. The Morgan fingerprint density at radius 1 is 1.14 bits per heavy atom. The number of piperidine rings is 1. The van der Waals surface area contributed by atoms with Crippen LogP contribution in [0.4, 0.5) is 5.82 Å². The lowest BCUT2D eigenvalue weighted by molar-refractivity contribution is 0.208. The lowest BCUT2D eigenvalue weighted by Crippen LogP contribution is -2.46. The summed E-state index contributed by atoms with van der Waals surface area (Å²) in [6.07, 6.45) is 4.32. The summed E-state index contributed by atoms with van der Waals surface area (Å²) in [5.41, 5.74) is 2.82. The van der Waals surface area contributed by atoms with E-state index in [-0.39, 0.29) is 5.75 Å². The lowest BCUT2D eigenvalue weighted by Gasteiger charge is -2.36. The van der Waals surface area contributed by atoms with Crippen LogP contribution >= 0.6 is 11.6 Å². The number of hydrogen-bond donors (Lipinski definition) is 1. The van der Waals surface area contributed by atoms with Gasteiger partial charge in [-0.3, -0.25) is 0 Å². The van der Waals surface area contributed by atoms with Gasteiger partial charge in [-0.15, -0.1) is 0 Å². The van der Waals surface area contributed by atoms with Crippen LogP contribution in [0.5, 0.6) is 5.75 Å². The topological polar surface area (TPSA) is 70.3 Å². The van der Waals surface area contributed by atoms with E-state index in [1.807, 2.05) is 30.8 Å². The van der Waals surface area contributed by atoms with Crippen molar-refractivity contribution in [3.63, 3.8) is 0 Å². The second-order valence-corrected chi connectivity index (χ2v) is 8.78. The number of imidazole rings is 1. The van der Waals surface area contributed by atoms with Gasteiger partial charge in [0.1, 0.15) is 17.4 Å². The fourth-order valence-corrected chi connectivity index (χ4v) is 5.18. The van der Waals surface area contributed by atoms with Gasteiger partial charge in [-0.1, -0.05) is 11.6 Å². The molecule has 2 unspecified atom stereocenters. The van der Waals surface area contributed by atoms with Crippen molar-refractivity contribution in [2.75, 3.05) is 31.6 Å². The molecule has 2 aliphatic rings. The smallest absolute Gasteiger partial charge is 0.200 e. The van der Waals surface area contributed by atoms with E-state index in [2.05, 4.69) is 21.8 Å². The van der Waals surface area contributed by atoms with Gasteiger partial charge in [0.2, 0.25) is 0 Å². The number of aromatic hydroxyl groups is 1. The molecule has 2 saturated heterocycles. The third kappa shape index (κ3) is 3.04. The van der Waals surface area contributed by atoms with Crippen molar-refractivity contribution in [1.29, 1.82) is 0 Å². The van der Waals surface area contributed by atoms with Gasteiger partial charge in [0.15, 0.2) is 11.3 Å². The molecule has 0 bridgehead atoms. The van der Waals surface area contributed by atoms with Crippen LogP contribution in [0.25, 0.3) is 22.7 Å². The largest absolute Gasteiger partial charge is 0.507 e. The first-order chi connectivity index (χ1) is 13.9. The van der Waals surface area contributed by atoms with Crippen LogP contribution in [-0.2, 0) is 7.05 Å². The summed E-state index contributed by atoms with van der Waals surface area (Å²) in [5.74, 6) is 2.38. The average Bonchev–Trinajstić information content (AvgIpc) is 3.22. The number of hydrogen-bond acceptors (Lipinski definition) is 6. The monoisotopic (exact) mass is 412 g/mol. The van der Waals surface area contributed by atoms with Crippen molar-refractivity contribution >= 4 is 28.7 Å². The summed E-state index contributed by atoms with van der Waals surface area (Å²) in [6, 6.07) is 3.86. The van der Waals surface area contributed by atoms with Gasteiger partial charge in [-0.2, -0.15) is 0 Å². The first kappa shape index (κ1) is 18.6. The minimum atomic E-state index is 0.112. The van der Waals surface area contributed by atoms with E-state index in [1.54, 1.807) is 6.07 Å². The summed E-state index contributed by atoms with van der Waals surface area (Å²) in [5, 5.41) is 11.0. The maximum atomic E-state index is 10.5. The number of phenols is 1. The van der Waals surface area contributed by atoms with E-state index in [4.69, 9.17) is 21.6 Å². The van der Waals surface area contributed by atoms with Gasteiger partial charge in [0.25, 0.3) is 0 Å². The Bertz CT molecular complexity index is 1070. The highest BCUT2D eigenvalue weighted by atomic mass is 35.5. The first-order valence-corrected chi connectivity index (χ1v) is 10.4. The molecule has 29 heavy (non-hydrogen) atoms. The molecule has 0 spiro atoms. The van der Waals surface area contributed by atoms with Crippen molar-refractivity contribution in [1.82, 2.24) is 24.4 Å². The van der Waals surface area contributed by atoms with Gasteiger partial charge >= 0.3 is 0 Å². The van der Waals surface area contributed by atoms with Crippen molar-refractivity contribution in [2.45, 2.75) is 25.8 Å². The number of fused-ring (bicyclic) bond motifs is 2. The molecule has 2 aliphatic heterocycles. The Kier molecular flexibility index (Phi) is 4.40. The molecule has 1 aromatic carbocycles. The third-order valence-corrected chi connectivity index (χ3v) is 6.65. The number of phenolic OH excluding ortho intramolecular Hbond substituents is 1. The average molecular weight is 413 g/mol. The highest BCUT2D eigenvalue weighted by Gasteiger charge is 2.38. The molecule has 3 aromatic rings. The molecule has 0 aliphatic carbocycles. The van der Waals surface area contributed by atoms with E-state index >= 15 is 0 Å². The van der Waals surface area contributed by atoms with Crippen LogP contribution in [0, 0.1) is 12.8 Å². The molecule has 7 nitrogen and oxygen atoms in total. The van der Waals surface area contributed by atoms with Crippen LogP contribution in [0.15, 0.2) is 18.3 Å². The van der Waals surface area contributed by atoms with E-state index in [0.717, 1.165) is 30.4 Å². The van der Waals surface area contributed by atoms with Gasteiger partial charge in [0, 0.05) is 31.2 Å². The van der Waals surface area contributed by atoms with Crippen LogP contribution in [-0.4, -0.2) is 62.2 Å². The second-order valence-electron chi connectivity index (χ2n) is 8.35. The van der Waals surface area contributed by atoms with E-state index in [0.29, 0.717) is 33.7 Å². The molecular formula is C21H25ClN6O. The molecule has 5 rings (SSSR count). The number of likely N-dealkylation sites (N-methyl/N-ethyl adjacent to an activating group) is 1.